The van der Waals surface area contributed by atoms with Crippen molar-refractivity contribution in [2.75, 3.05) is 11.4 Å². The van der Waals surface area contributed by atoms with Crippen molar-refractivity contribution >= 4 is 23.1 Å². The lowest BCUT2D eigenvalue weighted by Gasteiger charge is -2.17. The maximum Gasteiger partial charge on any atom is 0.329 e. The molecule has 3 rings (SSSR count). The molecule has 0 radical (unpaired) electrons. The summed E-state index contributed by atoms with van der Waals surface area (Å²) in [5.41, 5.74) is 2.85. The standard InChI is InChI=1S/C18H15NO3/c20-17(21)12-15-14-8-4-5-9-16(14)19(18(15)22)11-10-13-6-2-1-3-7-13/h1-9,12H,10-11H2,(H,20,21)/b15-12+. The summed E-state index contributed by atoms with van der Waals surface area (Å²) in [7, 11) is 0. The van der Waals surface area contributed by atoms with Gasteiger partial charge in [-0.25, -0.2) is 4.79 Å². The van der Waals surface area contributed by atoms with Crippen LogP contribution in [0.5, 0.6) is 0 Å². The summed E-state index contributed by atoms with van der Waals surface area (Å²) in [6, 6.07) is 17.2. The van der Waals surface area contributed by atoms with Gasteiger partial charge < -0.3 is 10.0 Å². The number of anilines is 1. The predicted molar refractivity (Wildman–Crippen MR) is 84.6 cm³/mol. The lowest BCUT2D eigenvalue weighted by atomic mass is 10.1. The molecular weight excluding hydrogens is 278 g/mol. The van der Waals surface area contributed by atoms with Crippen LogP contribution in [0.2, 0.25) is 0 Å². The van der Waals surface area contributed by atoms with Gasteiger partial charge in [0.1, 0.15) is 0 Å². The molecule has 0 spiro atoms. The van der Waals surface area contributed by atoms with Crippen molar-refractivity contribution < 1.29 is 14.7 Å². The number of rotatable bonds is 4. The molecule has 0 unspecified atom stereocenters. The zero-order valence-corrected chi connectivity index (χ0v) is 11.9. The van der Waals surface area contributed by atoms with Gasteiger partial charge in [0, 0.05) is 18.2 Å². The first-order chi connectivity index (χ1) is 10.7. The number of fused-ring (bicyclic) bond motifs is 1. The smallest absolute Gasteiger partial charge is 0.329 e. The highest BCUT2D eigenvalue weighted by molar-refractivity contribution is 6.34. The Labute approximate surface area is 128 Å². The monoisotopic (exact) mass is 293 g/mol. The highest BCUT2D eigenvalue weighted by Gasteiger charge is 2.32. The van der Waals surface area contributed by atoms with Crippen molar-refractivity contribution in [1.29, 1.82) is 0 Å². The lowest BCUT2D eigenvalue weighted by molar-refractivity contribution is -0.131. The number of hydrogen-bond acceptors (Lipinski definition) is 2. The van der Waals surface area contributed by atoms with Crippen molar-refractivity contribution in [3.63, 3.8) is 0 Å². The molecule has 4 nitrogen and oxygen atoms in total. The van der Waals surface area contributed by atoms with E-state index in [1.165, 1.54) is 0 Å². The number of carbonyl (C=O) groups excluding carboxylic acids is 1. The first-order valence-electron chi connectivity index (χ1n) is 7.06. The van der Waals surface area contributed by atoms with Gasteiger partial charge in [-0.1, -0.05) is 48.5 Å². The molecule has 0 bridgehead atoms. The van der Waals surface area contributed by atoms with Crippen molar-refractivity contribution in [2.24, 2.45) is 0 Å². The van der Waals surface area contributed by atoms with Crippen LogP contribution in [0.15, 0.2) is 60.7 Å². The molecule has 1 N–H and O–H groups in total. The van der Waals surface area contributed by atoms with E-state index < -0.39 is 5.97 Å². The Bertz CT molecular complexity index is 750. The molecule has 2 aromatic carbocycles. The Morgan fingerprint density at radius 1 is 1.05 bits per heavy atom. The minimum absolute atomic E-state index is 0.246. The Kier molecular flexibility index (Phi) is 3.74. The number of hydrogen-bond donors (Lipinski definition) is 1. The topological polar surface area (TPSA) is 57.6 Å². The van der Waals surface area contributed by atoms with Crippen LogP contribution in [0.4, 0.5) is 5.69 Å². The number of para-hydroxylation sites is 1. The van der Waals surface area contributed by atoms with E-state index in [0.29, 0.717) is 12.1 Å². The van der Waals surface area contributed by atoms with Gasteiger partial charge >= 0.3 is 5.97 Å². The molecule has 1 heterocycles. The van der Waals surface area contributed by atoms with Crippen molar-refractivity contribution in [2.45, 2.75) is 6.42 Å². The number of carboxylic acid groups (broad SMARTS) is 1. The molecule has 1 aliphatic heterocycles. The first-order valence-corrected chi connectivity index (χ1v) is 7.06. The quantitative estimate of drug-likeness (QED) is 0.882. The predicted octanol–water partition coefficient (Wildman–Crippen LogP) is 2.74. The minimum Gasteiger partial charge on any atom is -0.478 e. The Balaban J connectivity index is 1.89. The molecule has 22 heavy (non-hydrogen) atoms. The zero-order valence-electron chi connectivity index (χ0n) is 11.9. The van der Waals surface area contributed by atoms with E-state index in [9.17, 15) is 9.59 Å². The second kappa shape index (κ2) is 5.85. The van der Waals surface area contributed by atoms with Crippen LogP contribution < -0.4 is 4.90 Å². The summed E-state index contributed by atoms with van der Waals surface area (Å²) in [6.45, 7) is 0.525. The molecular formula is C18H15NO3. The highest BCUT2D eigenvalue weighted by Crippen LogP contribution is 2.36. The fourth-order valence-electron chi connectivity index (χ4n) is 2.68. The van der Waals surface area contributed by atoms with Crippen molar-refractivity contribution in [3.8, 4) is 0 Å². The van der Waals surface area contributed by atoms with E-state index in [0.717, 1.165) is 23.7 Å². The second-order valence-corrected chi connectivity index (χ2v) is 5.11. The molecule has 0 saturated heterocycles. The Morgan fingerprint density at radius 3 is 2.45 bits per heavy atom. The molecule has 0 fully saturated rings. The third-order valence-corrected chi connectivity index (χ3v) is 3.70. The average molecular weight is 293 g/mol. The molecule has 110 valence electrons. The summed E-state index contributed by atoms with van der Waals surface area (Å²) in [5.74, 6) is -1.36. The molecule has 0 aromatic heterocycles. The summed E-state index contributed by atoms with van der Waals surface area (Å²) in [4.78, 5) is 25.1. The molecule has 0 saturated carbocycles. The molecule has 4 heteroatoms. The van der Waals surface area contributed by atoms with Gasteiger partial charge in [0.15, 0.2) is 0 Å². The summed E-state index contributed by atoms with van der Waals surface area (Å²) >= 11 is 0. The second-order valence-electron chi connectivity index (χ2n) is 5.11. The van der Waals surface area contributed by atoms with E-state index >= 15 is 0 Å². The first kappa shape index (κ1) is 14.1. The zero-order chi connectivity index (χ0) is 15.5. The number of amides is 1. The fourth-order valence-corrected chi connectivity index (χ4v) is 2.68. The van der Waals surface area contributed by atoms with Crippen LogP contribution in [0, 0.1) is 0 Å². The van der Waals surface area contributed by atoms with Crippen molar-refractivity contribution in [3.05, 3.63) is 71.8 Å². The average Bonchev–Trinajstić information content (AvgIpc) is 2.78. The van der Waals surface area contributed by atoms with Gasteiger partial charge in [-0.15, -0.1) is 0 Å². The maximum absolute atomic E-state index is 12.5. The van der Waals surface area contributed by atoms with Gasteiger partial charge in [0.25, 0.3) is 5.91 Å². The van der Waals surface area contributed by atoms with Crippen molar-refractivity contribution in [1.82, 2.24) is 0 Å². The molecule has 0 atom stereocenters. The van der Waals surface area contributed by atoms with E-state index in [1.807, 2.05) is 48.5 Å². The number of nitrogens with zero attached hydrogens (tertiary/aromatic N) is 1. The Morgan fingerprint density at radius 2 is 1.73 bits per heavy atom. The fraction of sp³-hybridized carbons (Fsp3) is 0.111. The third kappa shape index (κ3) is 2.63. The number of carbonyl (C=O) groups is 2. The molecule has 2 aromatic rings. The largest absolute Gasteiger partial charge is 0.478 e. The van der Waals surface area contributed by atoms with Crippen LogP contribution in [-0.2, 0) is 16.0 Å². The van der Waals surface area contributed by atoms with E-state index in [2.05, 4.69) is 0 Å². The number of carboxylic acids is 1. The number of benzene rings is 2. The number of aliphatic carboxylic acids is 1. The summed E-state index contributed by atoms with van der Waals surface area (Å²) < 4.78 is 0. The van der Waals surface area contributed by atoms with Gasteiger partial charge in [-0.05, 0) is 18.1 Å². The highest BCUT2D eigenvalue weighted by atomic mass is 16.4. The normalized spacial score (nSPS) is 15.2. The lowest BCUT2D eigenvalue weighted by Crippen LogP contribution is -2.28. The SMILES string of the molecule is O=C(O)/C=C1/C(=O)N(CCc2ccccc2)c2ccccc21. The van der Waals surface area contributed by atoms with E-state index in [4.69, 9.17) is 5.11 Å². The molecule has 0 aliphatic carbocycles. The molecule has 1 aliphatic rings. The van der Waals surface area contributed by atoms with Gasteiger partial charge in [-0.2, -0.15) is 0 Å². The third-order valence-electron chi connectivity index (χ3n) is 3.70. The minimum atomic E-state index is -1.11. The van der Waals surface area contributed by atoms with E-state index in [-0.39, 0.29) is 11.5 Å². The van der Waals surface area contributed by atoms with Gasteiger partial charge in [-0.3, -0.25) is 4.79 Å². The van der Waals surface area contributed by atoms with E-state index in [1.54, 1.807) is 11.0 Å². The summed E-state index contributed by atoms with van der Waals surface area (Å²) in [5, 5.41) is 8.96. The van der Waals surface area contributed by atoms with Gasteiger partial charge in [0.05, 0.1) is 11.3 Å². The maximum atomic E-state index is 12.5. The Hall–Kier alpha value is -2.88. The summed E-state index contributed by atoms with van der Waals surface area (Å²) in [6.07, 6.45) is 1.71. The van der Waals surface area contributed by atoms with Crippen LogP contribution in [0.3, 0.4) is 0 Å². The van der Waals surface area contributed by atoms with Crippen LogP contribution in [0.25, 0.3) is 5.57 Å². The molecule has 1 amide bonds. The van der Waals surface area contributed by atoms with Crippen LogP contribution in [-0.4, -0.2) is 23.5 Å². The van der Waals surface area contributed by atoms with Crippen LogP contribution >= 0.6 is 0 Å². The van der Waals surface area contributed by atoms with Crippen LogP contribution in [0.1, 0.15) is 11.1 Å². The van der Waals surface area contributed by atoms with Gasteiger partial charge in [0.2, 0.25) is 0 Å².